The molecule has 1 aromatic carbocycles. The van der Waals surface area contributed by atoms with Gasteiger partial charge in [-0.25, -0.2) is 0 Å². The number of carbonyl (C=O) groups is 2. The quantitative estimate of drug-likeness (QED) is 0.816. The van der Waals surface area contributed by atoms with Gasteiger partial charge in [-0.2, -0.15) is 0 Å². The van der Waals surface area contributed by atoms with E-state index in [0.717, 1.165) is 44.1 Å². The number of morpholine rings is 1. The fourth-order valence-electron chi connectivity index (χ4n) is 2.59. The van der Waals surface area contributed by atoms with Crippen LogP contribution in [0, 0.1) is 6.92 Å². The molecule has 0 bridgehead atoms. The molecule has 2 rings (SSSR count). The van der Waals surface area contributed by atoms with Gasteiger partial charge in [0.25, 0.3) is 0 Å². The third-order valence-corrected chi connectivity index (χ3v) is 3.89. The van der Waals surface area contributed by atoms with Gasteiger partial charge in [0.05, 0.1) is 13.2 Å². The normalized spacial score (nSPS) is 15.2. The molecular weight excluding hydrogens is 294 g/mol. The molecule has 0 saturated carbocycles. The molecule has 1 aliphatic rings. The fraction of sp³-hybridized carbons (Fsp3) is 0.529. The van der Waals surface area contributed by atoms with Crippen LogP contribution in [0.15, 0.2) is 24.3 Å². The van der Waals surface area contributed by atoms with Crippen LogP contribution in [0.2, 0.25) is 0 Å². The summed E-state index contributed by atoms with van der Waals surface area (Å²) in [6.07, 6.45) is 0. The maximum atomic E-state index is 12.3. The highest BCUT2D eigenvalue weighted by Crippen LogP contribution is 2.15. The smallest absolute Gasteiger partial charge is 0.316 e. The average molecular weight is 319 g/mol. The maximum Gasteiger partial charge on any atom is 0.316 e. The molecule has 1 N–H and O–H groups in total. The number of carbonyl (C=O) groups excluding carboxylic acids is 2. The minimum Gasteiger partial charge on any atom is -0.379 e. The lowest BCUT2D eigenvalue weighted by Gasteiger charge is -2.26. The van der Waals surface area contributed by atoms with Crippen molar-refractivity contribution in [1.29, 1.82) is 0 Å². The minimum atomic E-state index is -0.554. The highest BCUT2D eigenvalue weighted by Gasteiger charge is 2.22. The first-order valence-corrected chi connectivity index (χ1v) is 8.08. The zero-order valence-corrected chi connectivity index (χ0v) is 13.9. The number of benzene rings is 1. The number of rotatable bonds is 5. The van der Waals surface area contributed by atoms with Gasteiger partial charge < -0.3 is 15.0 Å². The number of hydrogen-bond acceptors (Lipinski definition) is 4. The van der Waals surface area contributed by atoms with Crippen molar-refractivity contribution in [2.75, 3.05) is 50.8 Å². The Kier molecular flexibility index (Phi) is 6.55. The summed E-state index contributed by atoms with van der Waals surface area (Å²) in [5.41, 5.74) is 1.81. The third kappa shape index (κ3) is 5.04. The van der Waals surface area contributed by atoms with Gasteiger partial charge in [-0.05, 0) is 31.5 Å². The summed E-state index contributed by atoms with van der Waals surface area (Å²) in [6.45, 7) is 8.68. The van der Waals surface area contributed by atoms with E-state index in [2.05, 4.69) is 10.2 Å². The molecule has 0 aliphatic carbocycles. The van der Waals surface area contributed by atoms with Crippen molar-refractivity contribution in [2.45, 2.75) is 13.8 Å². The Hall–Kier alpha value is -1.92. The summed E-state index contributed by atoms with van der Waals surface area (Å²) in [7, 11) is 0. The van der Waals surface area contributed by atoms with E-state index in [1.165, 1.54) is 4.90 Å². The Morgan fingerprint density at radius 1 is 1.30 bits per heavy atom. The van der Waals surface area contributed by atoms with Gasteiger partial charge in [0.2, 0.25) is 0 Å². The second kappa shape index (κ2) is 8.64. The van der Waals surface area contributed by atoms with Crippen LogP contribution in [-0.4, -0.2) is 62.7 Å². The monoisotopic (exact) mass is 319 g/mol. The lowest BCUT2D eigenvalue weighted by molar-refractivity contribution is -0.137. The number of ether oxygens (including phenoxy) is 1. The Morgan fingerprint density at radius 3 is 2.70 bits per heavy atom. The molecule has 1 aromatic rings. The second-order valence-corrected chi connectivity index (χ2v) is 5.60. The maximum absolute atomic E-state index is 12.3. The molecule has 1 aliphatic heterocycles. The minimum absolute atomic E-state index is 0.458. The Bertz CT molecular complexity index is 542. The van der Waals surface area contributed by atoms with Crippen molar-refractivity contribution >= 4 is 17.5 Å². The van der Waals surface area contributed by atoms with E-state index in [1.807, 2.05) is 38.1 Å². The number of aryl methyl sites for hydroxylation is 1. The van der Waals surface area contributed by atoms with Crippen LogP contribution in [0.3, 0.4) is 0 Å². The van der Waals surface area contributed by atoms with Gasteiger partial charge in [0.1, 0.15) is 0 Å². The first-order valence-electron chi connectivity index (χ1n) is 8.08. The SMILES string of the molecule is CCN(C(=O)C(=O)NCCN1CCOCC1)c1cccc(C)c1. The van der Waals surface area contributed by atoms with Crippen molar-refractivity contribution in [3.63, 3.8) is 0 Å². The lowest BCUT2D eigenvalue weighted by Crippen LogP contribution is -2.46. The van der Waals surface area contributed by atoms with Crippen molar-refractivity contribution in [2.24, 2.45) is 0 Å². The van der Waals surface area contributed by atoms with E-state index >= 15 is 0 Å². The van der Waals surface area contributed by atoms with E-state index in [4.69, 9.17) is 4.74 Å². The summed E-state index contributed by atoms with van der Waals surface area (Å²) >= 11 is 0. The topological polar surface area (TPSA) is 61.9 Å². The van der Waals surface area contributed by atoms with Gasteiger partial charge in [-0.1, -0.05) is 12.1 Å². The van der Waals surface area contributed by atoms with E-state index in [1.54, 1.807) is 0 Å². The first kappa shape index (κ1) is 17.4. The Morgan fingerprint density at radius 2 is 2.04 bits per heavy atom. The molecule has 6 heteroatoms. The zero-order valence-electron chi connectivity index (χ0n) is 13.9. The molecule has 0 spiro atoms. The van der Waals surface area contributed by atoms with Crippen LogP contribution >= 0.6 is 0 Å². The van der Waals surface area contributed by atoms with Crippen molar-refractivity contribution < 1.29 is 14.3 Å². The summed E-state index contributed by atoms with van der Waals surface area (Å²) in [5, 5.41) is 2.72. The molecule has 6 nitrogen and oxygen atoms in total. The van der Waals surface area contributed by atoms with Crippen LogP contribution in [0.4, 0.5) is 5.69 Å². The highest BCUT2D eigenvalue weighted by atomic mass is 16.5. The molecule has 0 radical (unpaired) electrons. The lowest BCUT2D eigenvalue weighted by atomic mass is 10.2. The molecule has 1 heterocycles. The summed E-state index contributed by atoms with van der Waals surface area (Å²) in [5.74, 6) is -1.07. The van der Waals surface area contributed by atoms with Crippen molar-refractivity contribution in [3.8, 4) is 0 Å². The predicted octanol–water partition coefficient (Wildman–Crippen LogP) is 0.796. The standard InChI is InChI=1S/C17H25N3O3/c1-3-20(15-6-4-5-14(2)13-15)17(22)16(21)18-7-8-19-9-11-23-12-10-19/h4-6,13H,3,7-12H2,1-2H3,(H,18,21). The number of hydrogen-bond donors (Lipinski definition) is 1. The fourth-order valence-corrected chi connectivity index (χ4v) is 2.59. The summed E-state index contributed by atoms with van der Waals surface area (Å²) in [6, 6.07) is 7.60. The van der Waals surface area contributed by atoms with Crippen LogP contribution < -0.4 is 10.2 Å². The van der Waals surface area contributed by atoms with Crippen LogP contribution in [-0.2, 0) is 14.3 Å². The summed E-state index contributed by atoms with van der Waals surface area (Å²) in [4.78, 5) is 28.2. The van der Waals surface area contributed by atoms with Gasteiger partial charge >= 0.3 is 11.8 Å². The van der Waals surface area contributed by atoms with E-state index in [-0.39, 0.29) is 0 Å². The van der Waals surface area contributed by atoms with E-state index < -0.39 is 11.8 Å². The van der Waals surface area contributed by atoms with Crippen molar-refractivity contribution in [1.82, 2.24) is 10.2 Å². The molecule has 126 valence electrons. The van der Waals surface area contributed by atoms with Gasteiger partial charge in [0.15, 0.2) is 0 Å². The highest BCUT2D eigenvalue weighted by molar-refractivity contribution is 6.40. The van der Waals surface area contributed by atoms with Gasteiger partial charge in [0, 0.05) is 38.4 Å². The van der Waals surface area contributed by atoms with E-state index in [9.17, 15) is 9.59 Å². The predicted molar refractivity (Wildman–Crippen MR) is 89.5 cm³/mol. The van der Waals surface area contributed by atoms with Crippen molar-refractivity contribution in [3.05, 3.63) is 29.8 Å². The molecule has 0 atom stereocenters. The molecule has 1 saturated heterocycles. The number of nitrogens with zero attached hydrogens (tertiary/aromatic N) is 2. The van der Waals surface area contributed by atoms with Crippen LogP contribution in [0.5, 0.6) is 0 Å². The molecule has 1 fully saturated rings. The zero-order chi connectivity index (χ0) is 16.7. The molecule has 2 amide bonds. The Labute approximate surface area is 137 Å². The number of likely N-dealkylation sites (N-methyl/N-ethyl adjacent to an activating group) is 1. The van der Waals surface area contributed by atoms with Crippen LogP contribution in [0.25, 0.3) is 0 Å². The Balaban J connectivity index is 1.85. The molecule has 23 heavy (non-hydrogen) atoms. The molecular formula is C17H25N3O3. The second-order valence-electron chi connectivity index (χ2n) is 5.60. The first-order chi connectivity index (χ1) is 11.1. The van der Waals surface area contributed by atoms with Crippen LogP contribution in [0.1, 0.15) is 12.5 Å². The van der Waals surface area contributed by atoms with E-state index in [0.29, 0.717) is 13.1 Å². The number of nitrogens with one attached hydrogen (secondary N) is 1. The number of amides is 2. The number of anilines is 1. The van der Waals surface area contributed by atoms with Gasteiger partial charge in [-0.3, -0.25) is 14.5 Å². The largest absolute Gasteiger partial charge is 0.379 e. The average Bonchev–Trinajstić information content (AvgIpc) is 2.56. The molecule has 0 aromatic heterocycles. The molecule has 0 unspecified atom stereocenters. The van der Waals surface area contributed by atoms with Gasteiger partial charge in [-0.15, -0.1) is 0 Å². The third-order valence-electron chi connectivity index (χ3n) is 3.89. The summed E-state index contributed by atoms with van der Waals surface area (Å²) < 4.78 is 5.28.